The normalized spacial score (nSPS) is 30.7. The second-order valence-electron chi connectivity index (χ2n) is 17.4. The Morgan fingerprint density at radius 1 is 1.14 bits per heavy atom. The molecule has 1 saturated heterocycles. The summed E-state index contributed by atoms with van der Waals surface area (Å²) < 4.78 is 84.5. The number of benzene rings is 1. The highest BCUT2D eigenvalue weighted by atomic mass is 32.2. The summed E-state index contributed by atoms with van der Waals surface area (Å²) in [5.74, 6) is -2.42. The van der Waals surface area contributed by atoms with Crippen molar-refractivity contribution < 1.29 is 50.8 Å². The number of carbonyl (C=O) groups is 4. The van der Waals surface area contributed by atoms with Gasteiger partial charge in [0.1, 0.15) is 39.9 Å². The van der Waals surface area contributed by atoms with Crippen LogP contribution >= 0.6 is 0 Å². The standard InChI is InChI=1S/C41H51F4N5O7S/c1-6-24-14-15-28-26(18-24)31-27(42)20-39(56-32(31)23(2)46-28)21-30-33(51)48-40(35(53)49-58(55)38(5)16-17-38)19-25(40)12-10-8-7-9-11-13-29(34(52)50(30)22-39)47-36(54)57-37(3,4)41(43,44)45/h10,12,14-15,18,25,27,29-30H,6-9,11,13,16-17,19-22H2,1-5H3,(H,47,54)(H,48,51)(H,49,53)/b12-10-/t25-,27?,29+,30+,39-,40-,58-/m1/s1. The number of ether oxygens (including phenoxy) is 2. The monoisotopic (exact) mass is 833 g/mol. The molecule has 2 aliphatic carbocycles. The fourth-order valence-electron chi connectivity index (χ4n) is 8.34. The van der Waals surface area contributed by atoms with E-state index in [1.165, 1.54) is 4.90 Å². The number of aryl methyl sites for hydroxylation is 2. The number of pyridine rings is 1. The molecule has 3 aliphatic heterocycles. The van der Waals surface area contributed by atoms with Crippen molar-refractivity contribution in [2.45, 2.75) is 151 Å². The van der Waals surface area contributed by atoms with E-state index in [1.54, 1.807) is 13.8 Å². The molecular weight excluding hydrogens is 783 g/mol. The van der Waals surface area contributed by atoms with Crippen LogP contribution < -0.4 is 20.1 Å². The molecule has 0 radical (unpaired) electrons. The highest BCUT2D eigenvalue weighted by Gasteiger charge is 2.64. The summed E-state index contributed by atoms with van der Waals surface area (Å²) in [6.45, 7) is 6.53. The minimum absolute atomic E-state index is 0.00564. The van der Waals surface area contributed by atoms with Gasteiger partial charge in [0.05, 0.1) is 29.1 Å². The SMILES string of the molecule is CCc1ccc2nc(C)c3c(c2c1)C(F)C[C@]1(C[C@H]2C(=O)N[C@]4(C(=O)N[S@+]([O-])C5(C)CC5)C[C@H]4/C=C\CCCCC[C@H](NC(=O)OC(C)(C)C(F)(F)F)C(=O)N2C1)O3. The molecule has 5 aliphatic rings. The first-order valence-electron chi connectivity index (χ1n) is 20.1. The molecule has 1 unspecified atom stereocenters. The van der Waals surface area contributed by atoms with E-state index in [9.17, 15) is 36.9 Å². The maximum absolute atomic E-state index is 16.8. The second-order valence-corrected chi connectivity index (χ2v) is 19.1. The van der Waals surface area contributed by atoms with Crippen molar-refractivity contribution in [3.8, 4) is 5.75 Å². The van der Waals surface area contributed by atoms with E-state index in [0.29, 0.717) is 81.0 Å². The zero-order chi connectivity index (χ0) is 42.0. The van der Waals surface area contributed by atoms with Gasteiger partial charge in [-0.3, -0.25) is 14.4 Å². The van der Waals surface area contributed by atoms with Gasteiger partial charge in [0.25, 0.3) is 5.91 Å². The smallest absolute Gasteiger partial charge is 0.427 e. The predicted octanol–water partition coefficient (Wildman–Crippen LogP) is 6.40. The van der Waals surface area contributed by atoms with E-state index >= 15 is 4.39 Å². The van der Waals surface area contributed by atoms with Crippen LogP contribution in [0.3, 0.4) is 0 Å². The zero-order valence-corrected chi connectivity index (χ0v) is 34.2. The van der Waals surface area contributed by atoms with Gasteiger partial charge in [-0.1, -0.05) is 38.0 Å². The van der Waals surface area contributed by atoms with Crippen molar-refractivity contribution in [1.82, 2.24) is 25.2 Å². The lowest BCUT2D eigenvalue weighted by molar-refractivity contribution is -0.244. The first kappa shape index (κ1) is 42.0. The molecule has 2 saturated carbocycles. The Morgan fingerprint density at radius 2 is 1.88 bits per heavy atom. The number of aromatic nitrogens is 1. The van der Waals surface area contributed by atoms with Crippen molar-refractivity contribution in [1.29, 1.82) is 0 Å². The lowest BCUT2D eigenvalue weighted by Gasteiger charge is -2.38. The molecule has 0 bridgehead atoms. The Labute approximate surface area is 337 Å². The molecule has 3 fully saturated rings. The molecule has 3 N–H and O–H groups in total. The Morgan fingerprint density at radius 3 is 2.57 bits per heavy atom. The van der Waals surface area contributed by atoms with E-state index < -0.39 is 87.0 Å². The minimum atomic E-state index is -4.91. The average Bonchev–Trinajstić information content (AvgIpc) is 4.04. The third-order valence-electron chi connectivity index (χ3n) is 12.5. The number of halogens is 4. The number of fused-ring (bicyclic) bond motifs is 5. The summed E-state index contributed by atoms with van der Waals surface area (Å²) >= 11 is -1.71. The van der Waals surface area contributed by atoms with Crippen molar-refractivity contribution in [2.75, 3.05) is 6.54 Å². The Kier molecular flexibility index (Phi) is 11.0. The van der Waals surface area contributed by atoms with Gasteiger partial charge in [0.15, 0.2) is 0 Å². The van der Waals surface area contributed by atoms with E-state index in [2.05, 4.69) is 20.3 Å². The fraction of sp³-hybridized carbons (Fsp3) is 0.634. The van der Waals surface area contributed by atoms with Gasteiger partial charge in [0.2, 0.25) is 17.4 Å². The molecule has 1 aromatic carbocycles. The van der Waals surface area contributed by atoms with Crippen LogP contribution in [0.1, 0.15) is 115 Å². The van der Waals surface area contributed by atoms with Crippen LogP contribution in [0, 0.1) is 12.8 Å². The average molecular weight is 834 g/mol. The van der Waals surface area contributed by atoms with Gasteiger partial charge in [-0.15, -0.1) is 0 Å². The van der Waals surface area contributed by atoms with Crippen LogP contribution in [0.4, 0.5) is 22.4 Å². The van der Waals surface area contributed by atoms with Crippen LogP contribution in [0.15, 0.2) is 30.4 Å². The van der Waals surface area contributed by atoms with Crippen molar-refractivity contribution in [3.63, 3.8) is 0 Å². The Balaban J connectivity index is 1.24. The van der Waals surface area contributed by atoms with Crippen LogP contribution in [-0.4, -0.2) is 84.5 Å². The largest absolute Gasteiger partial charge is 0.593 e. The van der Waals surface area contributed by atoms with Crippen LogP contribution in [0.2, 0.25) is 0 Å². The number of nitrogens with one attached hydrogen (secondary N) is 3. The lowest BCUT2D eigenvalue weighted by atomic mass is 9.85. The summed E-state index contributed by atoms with van der Waals surface area (Å²) in [5.41, 5.74) is -3.55. The minimum Gasteiger partial charge on any atom is -0.593 e. The second kappa shape index (κ2) is 15.2. The number of hydrogen-bond donors (Lipinski definition) is 3. The van der Waals surface area contributed by atoms with Crippen LogP contribution in [0.5, 0.6) is 5.75 Å². The van der Waals surface area contributed by atoms with Gasteiger partial charge in [-0.2, -0.15) is 17.9 Å². The van der Waals surface area contributed by atoms with Gasteiger partial charge in [-0.25, -0.2) is 14.2 Å². The topological polar surface area (TPSA) is 162 Å². The van der Waals surface area contributed by atoms with Crippen LogP contribution in [0.25, 0.3) is 10.9 Å². The first-order valence-corrected chi connectivity index (χ1v) is 21.2. The Hall–Kier alpha value is -4.12. The quantitative estimate of drug-likeness (QED) is 0.171. The van der Waals surface area contributed by atoms with Gasteiger partial charge < -0.3 is 29.6 Å². The highest BCUT2D eigenvalue weighted by molar-refractivity contribution is 7.91. The number of carbonyl (C=O) groups excluding carboxylic acids is 4. The van der Waals surface area contributed by atoms with Gasteiger partial charge in [0, 0.05) is 42.6 Å². The number of nitrogens with zero attached hydrogens (tertiary/aromatic N) is 2. The first-order chi connectivity index (χ1) is 27.2. The van der Waals surface area contributed by atoms with Gasteiger partial charge >= 0.3 is 12.3 Å². The molecule has 4 amide bonds. The lowest BCUT2D eigenvalue weighted by Crippen LogP contribution is -2.59. The third-order valence-corrected chi connectivity index (χ3v) is 14.2. The van der Waals surface area contributed by atoms with Crippen molar-refractivity contribution >= 4 is 46.1 Å². The number of rotatable bonds is 6. The van der Waals surface area contributed by atoms with Crippen molar-refractivity contribution in [2.24, 2.45) is 5.92 Å². The molecule has 7 rings (SSSR count). The molecule has 7 atom stereocenters. The molecular formula is C41H51F4N5O7S. The van der Waals surface area contributed by atoms with E-state index in [-0.39, 0.29) is 38.0 Å². The molecule has 4 heterocycles. The predicted molar refractivity (Wildman–Crippen MR) is 206 cm³/mol. The van der Waals surface area contributed by atoms with E-state index in [1.807, 2.05) is 37.3 Å². The molecule has 2 aromatic rings. The maximum Gasteiger partial charge on any atom is 0.427 e. The molecule has 316 valence electrons. The van der Waals surface area contributed by atoms with E-state index in [4.69, 9.17) is 9.47 Å². The van der Waals surface area contributed by atoms with Gasteiger partial charge in [-0.05, 0) is 77.5 Å². The highest BCUT2D eigenvalue weighted by Crippen LogP contribution is 2.52. The summed E-state index contributed by atoms with van der Waals surface area (Å²) in [7, 11) is 0. The number of alkyl carbamates (subject to hydrolysis) is 1. The number of hydrogen-bond acceptors (Lipinski definition) is 8. The maximum atomic E-state index is 16.8. The summed E-state index contributed by atoms with van der Waals surface area (Å²) in [6.07, 6.45) is -0.208. The molecule has 12 nitrogen and oxygen atoms in total. The summed E-state index contributed by atoms with van der Waals surface area (Å²) in [5, 5.41) is 5.81. The van der Waals surface area contributed by atoms with Crippen LogP contribution in [-0.2, 0) is 36.9 Å². The van der Waals surface area contributed by atoms with Crippen molar-refractivity contribution in [3.05, 3.63) is 47.2 Å². The molecule has 58 heavy (non-hydrogen) atoms. The number of alkyl halides is 4. The molecule has 1 spiro atoms. The number of allylic oxidation sites excluding steroid dienone is 1. The number of amides is 4. The zero-order valence-electron chi connectivity index (χ0n) is 33.4. The molecule has 1 aromatic heterocycles. The summed E-state index contributed by atoms with van der Waals surface area (Å²) in [6, 6.07) is 2.84. The summed E-state index contributed by atoms with van der Waals surface area (Å²) in [4.78, 5) is 62.2. The third kappa shape index (κ3) is 7.96. The van der Waals surface area contributed by atoms with E-state index in [0.717, 1.165) is 5.56 Å². The fourth-order valence-corrected chi connectivity index (χ4v) is 9.41. The Bertz CT molecular complexity index is 2030. The molecule has 17 heteroatoms.